The first-order valence-corrected chi connectivity index (χ1v) is 8.32. The third kappa shape index (κ3) is 2.96. The number of hydrogen-bond acceptors (Lipinski definition) is 4. The molecule has 1 amide bonds. The van der Waals surface area contributed by atoms with Crippen molar-refractivity contribution in [2.45, 2.75) is 33.2 Å². The van der Waals surface area contributed by atoms with Gasteiger partial charge in [-0.1, -0.05) is 13.8 Å². The van der Waals surface area contributed by atoms with Crippen molar-refractivity contribution in [3.05, 3.63) is 35.5 Å². The van der Waals surface area contributed by atoms with Crippen LogP contribution in [0.3, 0.4) is 0 Å². The van der Waals surface area contributed by atoms with Gasteiger partial charge in [-0.05, 0) is 37.0 Å². The summed E-state index contributed by atoms with van der Waals surface area (Å²) in [5, 5.41) is 0.942. The van der Waals surface area contributed by atoms with Gasteiger partial charge < -0.3 is 15.4 Å². The van der Waals surface area contributed by atoms with Crippen LogP contribution in [-0.4, -0.2) is 42.0 Å². The average molecular weight is 327 g/mol. The second-order valence-electron chi connectivity index (χ2n) is 7.29. The maximum absolute atomic E-state index is 13.0. The minimum absolute atomic E-state index is 0.0395. The lowest BCUT2D eigenvalue weighted by atomic mass is 9.79. The van der Waals surface area contributed by atoms with Crippen molar-refractivity contribution < 1.29 is 9.53 Å². The molecule has 128 valence electrons. The number of hydrogen-bond donors (Lipinski definition) is 1. The number of pyridine rings is 1. The number of piperidine rings is 1. The summed E-state index contributed by atoms with van der Waals surface area (Å²) in [7, 11) is 1.63. The zero-order valence-electron chi connectivity index (χ0n) is 14.8. The standard InChI is InChI=1S/C19H25N3O2/c1-12-15(9-13-5-6-14(24-4)10-16(13)21-12)18(23)22-8-7-17(20)19(2,3)11-22/h5-6,9-10,17H,7-8,11,20H2,1-4H3. The molecule has 1 aromatic carbocycles. The van der Waals surface area contributed by atoms with E-state index in [9.17, 15) is 4.79 Å². The van der Waals surface area contributed by atoms with Crippen molar-refractivity contribution in [2.75, 3.05) is 20.2 Å². The maximum Gasteiger partial charge on any atom is 0.255 e. The van der Waals surface area contributed by atoms with Crippen molar-refractivity contribution in [3.8, 4) is 5.75 Å². The molecule has 5 heteroatoms. The van der Waals surface area contributed by atoms with E-state index in [1.165, 1.54) is 0 Å². The van der Waals surface area contributed by atoms with Crippen molar-refractivity contribution in [1.82, 2.24) is 9.88 Å². The summed E-state index contributed by atoms with van der Waals surface area (Å²) in [6.07, 6.45) is 0.829. The van der Waals surface area contributed by atoms with Gasteiger partial charge in [-0.2, -0.15) is 0 Å². The number of nitrogens with two attached hydrogens (primary N) is 1. The van der Waals surface area contributed by atoms with Crippen LogP contribution in [0.1, 0.15) is 36.3 Å². The summed E-state index contributed by atoms with van der Waals surface area (Å²) in [5.41, 5.74) is 8.36. The Labute approximate surface area is 142 Å². The summed E-state index contributed by atoms with van der Waals surface area (Å²) >= 11 is 0. The van der Waals surface area contributed by atoms with E-state index in [1.54, 1.807) is 7.11 Å². The predicted molar refractivity (Wildman–Crippen MR) is 95.3 cm³/mol. The van der Waals surface area contributed by atoms with E-state index in [-0.39, 0.29) is 17.4 Å². The van der Waals surface area contributed by atoms with Crippen LogP contribution in [0, 0.1) is 12.3 Å². The number of fused-ring (bicyclic) bond motifs is 1. The van der Waals surface area contributed by atoms with Crippen LogP contribution in [0.25, 0.3) is 10.9 Å². The normalized spacial score (nSPS) is 20.2. The van der Waals surface area contributed by atoms with E-state index in [1.807, 2.05) is 36.1 Å². The third-order valence-electron chi connectivity index (χ3n) is 5.05. The van der Waals surface area contributed by atoms with Gasteiger partial charge in [0.2, 0.25) is 0 Å². The average Bonchev–Trinajstić information content (AvgIpc) is 2.55. The van der Waals surface area contributed by atoms with Crippen molar-refractivity contribution in [3.63, 3.8) is 0 Å². The fourth-order valence-corrected chi connectivity index (χ4v) is 3.30. The lowest BCUT2D eigenvalue weighted by molar-refractivity contribution is 0.0532. The number of carbonyl (C=O) groups excluding carboxylic acids is 1. The van der Waals surface area contributed by atoms with Gasteiger partial charge >= 0.3 is 0 Å². The monoisotopic (exact) mass is 327 g/mol. The molecule has 0 saturated carbocycles. The minimum Gasteiger partial charge on any atom is -0.497 e. The number of ether oxygens (including phenoxy) is 1. The number of likely N-dealkylation sites (tertiary alicyclic amines) is 1. The second kappa shape index (κ2) is 6.06. The van der Waals surface area contributed by atoms with Gasteiger partial charge in [0.15, 0.2) is 0 Å². The molecular weight excluding hydrogens is 302 g/mol. The van der Waals surface area contributed by atoms with Gasteiger partial charge in [-0.3, -0.25) is 9.78 Å². The van der Waals surface area contributed by atoms with Gasteiger partial charge in [-0.15, -0.1) is 0 Å². The van der Waals surface area contributed by atoms with Gasteiger partial charge in [0.1, 0.15) is 5.75 Å². The van der Waals surface area contributed by atoms with Crippen LogP contribution in [0.4, 0.5) is 0 Å². The Morgan fingerprint density at radius 1 is 1.38 bits per heavy atom. The molecule has 0 spiro atoms. The van der Waals surface area contributed by atoms with Gasteiger partial charge in [0, 0.05) is 30.6 Å². The van der Waals surface area contributed by atoms with E-state index in [4.69, 9.17) is 10.5 Å². The number of nitrogens with zero attached hydrogens (tertiary/aromatic N) is 2. The lowest BCUT2D eigenvalue weighted by Gasteiger charge is -2.42. The number of methoxy groups -OCH3 is 1. The summed E-state index contributed by atoms with van der Waals surface area (Å²) < 4.78 is 5.24. The molecule has 3 rings (SSSR count). The molecule has 0 aliphatic carbocycles. The number of aryl methyl sites for hydroxylation is 1. The van der Waals surface area contributed by atoms with Crippen LogP contribution >= 0.6 is 0 Å². The molecule has 1 aliphatic rings. The van der Waals surface area contributed by atoms with Crippen LogP contribution in [0.5, 0.6) is 5.75 Å². The van der Waals surface area contributed by atoms with Crippen molar-refractivity contribution in [1.29, 1.82) is 0 Å². The van der Waals surface area contributed by atoms with E-state index < -0.39 is 0 Å². The summed E-state index contributed by atoms with van der Waals surface area (Å²) in [4.78, 5) is 19.5. The Morgan fingerprint density at radius 3 is 2.79 bits per heavy atom. The predicted octanol–water partition coefficient (Wildman–Crippen LogP) is 2.75. The molecule has 1 atom stereocenters. The lowest BCUT2D eigenvalue weighted by Crippen LogP contribution is -2.54. The van der Waals surface area contributed by atoms with Gasteiger partial charge in [0.25, 0.3) is 5.91 Å². The maximum atomic E-state index is 13.0. The largest absolute Gasteiger partial charge is 0.497 e. The van der Waals surface area contributed by atoms with E-state index in [0.29, 0.717) is 18.7 Å². The smallest absolute Gasteiger partial charge is 0.255 e. The fraction of sp³-hybridized carbons (Fsp3) is 0.474. The highest BCUT2D eigenvalue weighted by molar-refractivity contribution is 5.98. The Bertz CT molecular complexity index is 786. The first kappa shape index (κ1) is 16.7. The summed E-state index contributed by atoms with van der Waals surface area (Å²) in [6, 6.07) is 7.77. The zero-order chi connectivity index (χ0) is 17.5. The van der Waals surface area contributed by atoms with E-state index in [2.05, 4.69) is 18.8 Å². The minimum atomic E-state index is -0.0700. The van der Waals surface area contributed by atoms with Crippen LogP contribution < -0.4 is 10.5 Å². The molecular formula is C19H25N3O2. The Kier molecular flexibility index (Phi) is 4.22. The SMILES string of the molecule is COc1ccc2cc(C(=O)N3CCC(N)C(C)(C)C3)c(C)nc2c1. The molecule has 2 aromatic rings. The van der Waals surface area contributed by atoms with Crippen LogP contribution in [-0.2, 0) is 0 Å². The Morgan fingerprint density at radius 2 is 2.12 bits per heavy atom. The molecule has 0 radical (unpaired) electrons. The topological polar surface area (TPSA) is 68.5 Å². The third-order valence-corrected chi connectivity index (χ3v) is 5.05. The van der Waals surface area contributed by atoms with Crippen molar-refractivity contribution in [2.24, 2.45) is 11.1 Å². The number of amides is 1. The van der Waals surface area contributed by atoms with Crippen LogP contribution in [0.15, 0.2) is 24.3 Å². The van der Waals surface area contributed by atoms with Crippen LogP contribution in [0.2, 0.25) is 0 Å². The number of benzene rings is 1. The molecule has 2 heterocycles. The molecule has 24 heavy (non-hydrogen) atoms. The summed E-state index contributed by atoms with van der Waals surface area (Å²) in [6.45, 7) is 7.49. The zero-order valence-corrected chi connectivity index (χ0v) is 14.8. The quantitative estimate of drug-likeness (QED) is 0.921. The molecule has 1 fully saturated rings. The molecule has 1 saturated heterocycles. The first-order chi connectivity index (χ1) is 11.3. The Balaban J connectivity index is 1.94. The number of rotatable bonds is 2. The first-order valence-electron chi connectivity index (χ1n) is 8.32. The molecule has 1 aromatic heterocycles. The van der Waals surface area contributed by atoms with Crippen molar-refractivity contribution >= 4 is 16.8 Å². The van der Waals surface area contributed by atoms with Gasteiger partial charge in [-0.25, -0.2) is 0 Å². The Hall–Kier alpha value is -2.14. The second-order valence-corrected chi connectivity index (χ2v) is 7.29. The molecule has 0 bridgehead atoms. The number of aromatic nitrogens is 1. The molecule has 1 unspecified atom stereocenters. The highest BCUT2D eigenvalue weighted by Crippen LogP contribution is 2.29. The van der Waals surface area contributed by atoms with E-state index >= 15 is 0 Å². The van der Waals surface area contributed by atoms with Gasteiger partial charge in [0.05, 0.1) is 23.9 Å². The van der Waals surface area contributed by atoms with E-state index in [0.717, 1.165) is 28.8 Å². The molecule has 5 nitrogen and oxygen atoms in total. The number of carbonyl (C=O) groups is 1. The fourth-order valence-electron chi connectivity index (χ4n) is 3.30. The highest BCUT2D eigenvalue weighted by Gasteiger charge is 2.36. The highest BCUT2D eigenvalue weighted by atomic mass is 16.5. The summed E-state index contributed by atoms with van der Waals surface area (Å²) in [5.74, 6) is 0.804. The molecule has 2 N–H and O–H groups in total. The molecule has 1 aliphatic heterocycles.